The first-order chi connectivity index (χ1) is 8.15. The second kappa shape index (κ2) is 5.37. The third-order valence-electron chi connectivity index (χ3n) is 3.08. The van der Waals surface area contributed by atoms with Gasteiger partial charge in [-0.1, -0.05) is 23.7 Å². The van der Waals surface area contributed by atoms with Gasteiger partial charge in [-0.3, -0.25) is 4.79 Å². The fourth-order valence-electron chi connectivity index (χ4n) is 1.81. The molecule has 3 heteroatoms. The summed E-state index contributed by atoms with van der Waals surface area (Å²) >= 11 is 5.91. The number of allylic oxidation sites excluding steroid dienone is 1. The molecule has 2 nitrogen and oxygen atoms in total. The van der Waals surface area contributed by atoms with Crippen LogP contribution in [0.4, 0.5) is 0 Å². The Labute approximate surface area is 107 Å². The van der Waals surface area contributed by atoms with Gasteiger partial charge in [0, 0.05) is 17.1 Å². The summed E-state index contributed by atoms with van der Waals surface area (Å²) in [5, 5.41) is 3.67. The highest BCUT2D eigenvalue weighted by Crippen LogP contribution is 2.20. The number of carbonyl (C=O) groups excluding carboxylic acids is 1. The highest BCUT2D eigenvalue weighted by atomic mass is 35.5. The third-order valence-corrected chi connectivity index (χ3v) is 3.31. The zero-order chi connectivity index (χ0) is 12.3. The van der Waals surface area contributed by atoms with Crippen molar-refractivity contribution < 1.29 is 4.79 Å². The van der Waals surface area contributed by atoms with Gasteiger partial charge in [0.1, 0.15) is 0 Å². The van der Waals surface area contributed by atoms with Gasteiger partial charge >= 0.3 is 0 Å². The van der Waals surface area contributed by atoms with Crippen LogP contribution in [0.15, 0.2) is 30.3 Å². The highest BCUT2D eigenvalue weighted by Gasteiger charge is 2.18. The van der Waals surface area contributed by atoms with E-state index in [4.69, 9.17) is 11.6 Å². The smallest absolute Gasteiger partial charge is 0.244 e. The molecule has 17 heavy (non-hydrogen) atoms. The van der Waals surface area contributed by atoms with E-state index in [1.165, 1.54) is 6.42 Å². The molecule has 0 aromatic heterocycles. The molecule has 1 aromatic rings. The number of hydrogen-bond acceptors (Lipinski definition) is 1. The predicted molar refractivity (Wildman–Crippen MR) is 70.9 cm³/mol. The summed E-state index contributed by atoms with van der Waals surface area (Å²) < 4.78 is 0. The molecule has 1 aliphatic rings. The van der Waals surface area contributed by atoms with Crippen LogP contribution in [0.2, 0.25) is 5.02 Å². The van der Waals surface area contributed by atoms with E-state index in [9.17, 15) is 4.79 Å². The lowest BCUT2D eigenvalue weighted by Crippen LogP contribution is -2.38. The van der Waals surface area contributed by atoms with E-state index in [2.05, 4.69) is 5.32 Å². The van der Waals surface area contributed by atoms with Crippen molar-refractivity contribution in [3.8, 4) is 0 Å². The maximum Gasteiger partial charge on any atom is 0.244 e. The molecule has 1 amide bonds. The molecule has 0 bridgehead atoms. The van der Waals surface area contributed by atoms with Crippen molar-refractivity contribution in [3.05, 3.63) is 40.9 Å². The zero-order valence-corrected chi connectivity index (χ0v) is 10.6. The molecule has 0 atom stereocenters. The van der Waals surface area contributed by atoms with Crippen LogP contribution in [0, 0.1) is 0 Å². The summed E-state index contributed by atoms with van der Waals surface area (Å²) in [5.41, 5.74) is 1.92. The normalized spacial score (nSPS) is 16.5. The Morgan fingerprint density at radius 3 is 2.82 bits per heavy atom. The van der Waals surface area contributed by atoms with Crippen molar-refractivity contribution >= 4 is 23.1 Å². The van der Waals surface area contributed by atoms with Crippen molar-refractivity contribution in [3.63, 3.8) is 0 Å². The minimum Gasteiger partial charge on any atom is -0.350 e. The van der Waals surface area contributed by atoms with Crippen LogP contribution in [-0.4, -0.2) is 11.9 Å². The molecule has 1 aromatic carbocycles. The minimum absolute atomic E-state index is 0.00724. The minimum atomic E-state index is -0.00724. The summed E-state index contributed by atoms with van der Waals surface area (Å²) in [6, 6.07) is 7.91. The van der Waals surface area contributed by atoms with Crippen molar-refractivity contribution in [1.82, 2.24) is 5.32 Å². The highest BCUT2D eigenvalue weighted by molar-refractivity contribution is 6.30. The Kier molecular flexibility index (Phi) is 3.85. The average Bonchev–Trinajstić information content (AvgIpc) is 2.23. The summed E-state index contributed by atoms with van der Waals surface area (Å²) in [7, 11) is 0. The molecule has 1 fully saturated rings. The molecule has 0 radical (unpaired) electrons. The molecule has 0 unspecified atom stereocenters. The number of carbonyl (C=O) groups is 1. The van der Waals surface area contributed by atoms with Gasteiger partial charge in [-0.2, -0.15) is 0 Å². The molecule has 1 aliphatic carbocycles. The molecule has 1 N–H and O–H groups in total. The summed E-state index contributed by atoms with van der Waals surface area (Å²) in [6.45, 7) is 1.92. The summed E-state index contributed by atoms with van der Waals surface area (Å²) in [5.74, 6) is -0.00724. The van der Waals surface area contributed by atoms with E-state index in [1.807, 2.05) is 31.2 Å². The molecule has 2 rings (SSSR count). The third kappa shape index (κ3) is 3.34. The monoisotopic (exact) mass is 249 g/mol. The van der Waals surface area contributed by atoms with Gasteiger partial charge in [0.25, 0.3) is 0 Å². The fourth-order valence-corrected chi connectivity index (χ4v) is 2.00. The lowest BCUT2D eigenvalue weighted by molar-refractivity contribution is -0.117. The van der Waals surface area contributed by atoms with Crippen molar-refractivity contribution in [2.24, 2.45) is 0 Å². The van der Waals surface area contributed by atoms with Crippen LogP contribution in [0.1, 0.15) is 31.7 Å². The van der Waals surface area contributed by atoms with Gasteiger partial charge in [0.05, 0.1) is 0 Å². The first kappa shape index (κ1) is 12.2. The maximum absolute atomic E-state index is 11.7. The molecular formula is C14H16ClNO. The van der Waals surface area contributed by atoms with E-state index in [0.29, 0.717) is 11.1 Å². The van der Waals surface area contributed by atoms with Gasteiger partial charge in [-0.05, 0) is 49.5 Å². The van der Waals surface area contributed by atoms with Crippen LogP contribution in [0.25, 0.3) is 5.57 Å². The Morgan fingerprint density at radius 1 is 1.47 bits per heavy atom. The molecule has 1 saturated carbocycles. The Bertz CT molecular complexity index is 449. The van der Waals surface area contributed by atoms with Crippen LogP contribution >= 0.6 is 11.6 Å². The van der Waals surface area contributed by atoms with E-state index in [1.54, 1.807) is 6.08 Å². The topological polar surface area (TPSA) is 29.1 Å². The van der Waals surface area contributed by atoms with E-state index >= 15 is 0 Å². The van der Waals surface area contributed by atoms with Crippen molar-refractivity contribution in [1.29, 1.82) is 0 Å². The number of benzene rings is 1. The molecule has 0 aliphatic heterocycles. The standard InChI is InChI=1S/C14H16ClNO/c1-10(11-4-2-5-12(15)9-11)8-14(17)16-13-6-3-7-13/h2,4-5,8-9,13H,3,6-7H2,1H3,(H,16,17). The van der Waals surface area contributed by atoms with Crippen LogP contribution in [0.5, 0.6) is 0 Å². The second-order valence-corrected chi connectivity index (χ2v) is 4.91. The molecule has 0 spiro atoms. The first-order valence-corrected chi connectivity index (χ1v) is 6.27. The van der Waals surface area contributed by atoms with Crippen LogP contribution in [0.3, 0.4) is 0 Å². The zero-order valence-electron chi connectivity index (χ0n) is 9.87. The number of hydrogen-bond donors (Lipinski definition) is 1. The number of nitrogens with one attached hydrogen (secondary N) is 1. The van der Waals surface area contributed by atoms with Gasteiger partial charge in [-0.15, -0.1) is 0 Å². The molecular weight excluding hydrogens is 234 g/mol. The summed E-state index contributed by atoms with van der Waals surface area (Å²) in [6.07, 6.45) is 5.08. The maximum atomic E-state index is 11.7. The van der Waals surface area contributed by atoms with Gasteiger partial charge in [-0.25, -0.2) is 0 Å². The molecule has 90 valence electrons. The Balaban J connectivity index is 2.02. The van der Waals surface area contributed by atoms with Crippen molar-refractivity contribution in [2.75, 3.05) is 0 Å². The van der Waals surface area contributed by atoms with Crippen molar-refractivity contribution in [2.45, 2.75) is 32.2 Å². The molecule has 0 saturated heterocycles. The SMILES string of the molecule is CC(=CC(=O)NC1CCC1)c1cccc(Cl)c1. The fraction of sp³-hybridized carbons (Fsp3) is 0.357. The van der Waals surface area contributed by atoms with Crippen LogP contribution < -0.4 is 5.32 Å². The quantitative estimate of drug-likeness (QED) is 0.818. The van der Waals surface area contributed by atoms with Gasteiger partial charge in [0.2, 0.25) is 5.91 Å². The Hall–Kier alpha value is -1.28. The largest absolute Gasteiger partial charge is 0.350 e. The second-order valence-electron chi connectivity index (χ2n) is 4.47. The lowest BCUT2D eigenvalue weighted by atomic mass is 9.93. The van der Waals surface area contributed by atoms with E-state index in [0.717, 1.165) is 24.0 Å². The van der Waals surface area contributed by atoms with E-state index < -0.39 is 0 Å². The van der Waals surface area contributed by atoms with Crippen LogP contribution in [-0.2, 0) is 4.79 Å². The number of rotatable bonds is 3. The lowest BCUT2D eigenvalue weighted by Gasteiger charge is -2.25. The number of halogens is 1. The Morgan fingerprint density at radius 2 is 2.24 bits per heavy atom. The first-order valence-electron chi connectivity index (χ1n) is 5.90. The number of amides is 1. The van der Waals surface area contributed by atoms with Gasteiger partial charge in [0.15, 0.2) is 0 Å². The van der Waals surface area contributed by atoms with Gasteiger partial charge < -0.3 is 5.32 Å². The molecule has 0 heterocycles. The van der Waals surface area contributed by atoms with E-state index in [-0.39, 0.29) is 5.91 Å². The predicted octanol–water partition coefficient (Wildman–Crippen LogP) is 3.41. The average molecular weight is 250 g/mol. The summed E-state index contributed by atoms with van der Waals surface area (Å²) in [4.78, 5) is 11.7.